The fourth-order valence-corrected chi connectivity index (χ4v) is 1.44. The van der Waals surface area contributed by atoms with Gasteiger partial charge in [0.15, 0.2) is 0 Å². The largest absolute Gasteiger partial charge is 0.412 e. The summed E-state index contributed by atoms with van der Waals surface area (Å²) in [5.74, 6) is 0. The highest BCUT2D eigenvalue weighted by Gasteiger charge is 2.19. The molecule has 1 aromatic carbocycles. The standard InChI is InChI=1S/C14H16O2.C2H6.CH4O.CH4.H2O/c1-3-8-11(4-2)13(15)14(16)12-9-6-5-7-10-12;2*1-2;;/h3-10,13-16H,1-2H2;1-2H3;2H,1H3;1H4;1H2/b11-8+;;;;/t13-,14-;;;;/m0..../s1. The molecule has 0 saturated heterocycles. The predicted molar refractivity (Wildman–Crippen MR) is 95.7 cm³/mol. The minimum absolute atomic E-state index is 0. The molecule has 4 nitrogen and oxygen atoms in total. The Hall–Kier alpha value is -1.72. The number of aliphatic hydroxyl groups excluding tert-OH is 3. The maximum absolute atomic E-state index is 9.94. The van der Waals surface area contributed by atoms with E-state index in [9.17, 15) is 10.2 Å². The molecule has 22 heavy (non-hydrogen) atoms. The van der Waals surface area contributed by atoms with Crippen LogP contribution in [0.5, 0.6) is 0 Å². The van der Waals surface area contributed by atoms with Crippen LogP contribution in [0.1, 0.15) is 32.9 Å². The van der Waals surface area contributed by atoms with Crippen LogP contribution in [0.15, 0.2) is 67.3 Å². The van der Waals surface area contributed by atoms with Crippen molar-refractivity contribution in [3.63, 3.8) is 0 Å². The van der Waals surface area contributed by atoms with Crippen molar-refractivity contribution in [1.82, 2.24) is 0 Å². The zero-order valence-corrected chi connectivity index (χ0v) is 13.0. The van der Waals surface area contributed by atoms with Crippen molar-refractivity contribution in [3.05, 3.63) is 72.9 Å². The van der Waals surface area contributed by atoms with Crippen molar-refractivity contribution in [3.8, 4) is 0 Å². The Morgan fingerprint density at radius 2 is 1.50 bits per heavy atom. The molecule has 0 heterocycles. The lowest BCUT2D eigenvalue weighted by molar-refractivity contribution is 0.0433. The van der Waals surface area contributed by atoms with E-state index in [2.05, 4.69) is 13.2 Å². The number of aliphatic hydroxyl groups is 3. The van der Waals surface area contributed by atoms with Gasteiger partial charge in [-0.1, -0.05) is 83.0 Å². The molecule has 5 N–H and O–H groups in total. The van der Waals surface area contributed by atoms with Crippen LogP contribution in [0.25, 0.3) is 0 Å². The SMILES string of the molecule is C.C=C/C=C(\C=C)[C@H](O)[C@@H](O)c1ccccc1.CC.CO.O. The van der Waals surface area contributed by atoms with Gasteiger partial charge in [0, 0.05) is 7.11 Å². The van der Waals surface area contributed by atoms with Gasteiger partial charge in [0.1, 0.15) is 12.2 Å². The molecule has 0 aliphatic carbocycles. The Kier molecular flexibility index (Phi) is 24.9. The summed E-state index contributed by atoms with van der Waals surface area (Å²) in [6, 6.07) is 9.02. The van der Waals surface area contributed by atoms with Crippen LogP contribution in [0, 0.1) is 0 Å². The van der Waals surface area contributed by atoms with Gasteiger partial charge in [-0.25, -0.2) is 0 Å². The molecule has 1 aromatic rings. The normalized spacial score (nSPS) is 11.6. The van der Waals surface area contributed by atoms with Crippen LogP contribution in [-0.4, -0.2) is 34.0 Å². The third-order valence-electron chi connectivity index (χ3n) is 2.33. The van der Waals surface area contributed by atoms with E-state index in [1.54, 1.807) is 24.3 Å². The molecule has 0 aliphatic rings. The molecular weight excluding hydrogens is 280 g/mol. The van der Waals surface area contributed by atoms with E-state index >= 15 is 0 Å². The van der Waals surface area contributed by atoms with Crippen molar-refractivity contribution in [2.24, 2.45) is 0 Å². The first-order valence-corrected chi connectivity index (χ1v) is 6.51. The molecule has 0 amide bonds. The monoisotopic (exact) mass is 312 g/mol. The maximum Gasteiger partial charge on any atom is 0.109 e. The van der Waals surface area contributed by atoms with Gasteiger partial charge in [-0.2, -0.15) is 0 Å². The zero-order valence-electron chi connectivity index (χ0n) is 13.0. The lowest BCUT2D eigenvalue weighted by Gasteiger charge is -2.19. The van der Waals surface area contributed by atoms with E-state index in [0.29, 0.717) is 11.1 Å². The minimum atomic E-state index is -0.988. The predicted octanol–water partition coefficient (Wildman–Crippen LogP) is 2.83. The summed E-state index contributed by atoms with van der Waals surface area (Å²) in [6.07, 6.45) is 2.75. The molecule has 0 unspecified atom stereocenters. The Morgan fingerprint density at radius 1 is 1.05 bits per heavy atom. The van der Waals surface area contributed by atoms with E-state index in [4.69, 9.17) is 5.11 Å². The number of hydrogen-bond donors (Lipinski definition) is 3. The average molecular weight is 312 g/mol. The number of rotatable bonds is 5. The summed E-state index contributed by atoms with van der Waals surface area (Å²) in [4.78, 5) is 0. The second kappa shape index (κ2) is 19.3. The molecule has 4 heteroatoms. The van der Waals surface area contributed by atoms with Gasteiger partial charge in [-0.15, -0.1) is 0 Å². The molecule has 2 atom stereocenters. The first kappa shape index (κ1) is 28.4. The van der Waals surface area contributed by atoms with Crippen molar-refractivity contribution >= 4 is 0 Å². The average Bonchev–Trinajstić information content (AvgIpc) is 2.55. The first-order chi connectivity index (χ1) is 9.70. The van der Waals surface area contributed by atoms with Crippen LogP contribution >= 0.6 is 0 Å². The summed E-state index contributed by atoms with van der Waals surface area (Å²) in [5, 5.41) is 26.9. The molecule has 128 valence electrons. The summed E-state index contributed by atoms with van der Waals surface area (Å²) in [7, 11) is 1.00. The van der Waals surface area contributed by atoms with E-state index < -0.39 is 12.2 Å². The van der Waals surface area contributed by atoms with E-state index in [-0.39, 0.29) is 12.9 Å². The summed E-state index contributed by atoms with van der Waals surface area (Å²) in [5.41, 5.74) is 1.22. The number of benzene rings is 1. The maximum atomic E-state index is 9.94. The van der Waals surface area contributed by atoms with Crippen LogP contribution in [-0.2, 0) is 0 Å². The van der Waals surface area contributed by atoms with Gasteiger partial charge < -0.3 is 20.8 Å². The van der Waals surface area contributed by atoms with Crippen molar-refractivity contribution in [2.45, 2.75) is 33.5 Å². The fraction of sp³-hybridized carbons (Fsp3) is 0.333. The van der Waals surface area contributed by atoms with E-state index in [1.165, 1.54) is 6.08 Å². The van der Waals surface area contributed by atoms with Crippen LogP contribution < -0.4 is 0 Å². The Morgan fingerprint density at radius 3 is 1.86 bits per heavy atom. The molecule has 0 fully saturated rings. The third-order valence-corrected chi connectivity index (χ3v) is 2.33. The minimum Gasteiger partial charge on any atom is -0.412 e. The smallest absolute Gasteiger partial charge is 0.109 e. The highest BCUT2D eigenvalue weighted by Crippen LogP contribution is 2.21. The first-order valence-electron chi connectivity index (χ1n) is 6.51. The summed E-state index contributed by atoms with van der Waals surface area (Å²) in [6.45, 7) is 11.1. The van der Waals surface area contributed by atoms with Crippen molar-refractivity contribution in [2.75, 3.05) is 7.11 Å². The lowest BCUT2D eigenvalue weighted by Crippen LogP contribution is -2.19. The fourth-order valence-electron chi connectivity index (χ4n) is 1.44. The van der Waals surface area contributed by atoms with E-state index in [1.807, 2.05) is 32.0 Å². The highest BCUT2D eigenvalue weighted by molar-refractivity contribution is 5.29. The van der Waals surface area contributed by atoms with Crippen molar-refractivity contribution in [1.29, 1.82) is 0 Å². The molecule has 0 spiro atoms. The van der Waals surface area contributed by atoms with Gasteiger partial charge >= 0.3 is 0 Å². The zero-order chi connectivity index (χ0) is 16.0. The van der Waals surface area contributed by atoms with Gasteiger partial charge in [0.25, 0.3) is 0 Å². The van der Waals surface area contributed by atoms with Crippen LogP contribution in [0.2, 0.25) is 0 Å². The second-order valence-electron chi connectivity index (χ2n) is 3.41. The van der Waals surface area contributed by atoms with Gasteiger partial charge in [0.2, 0.25) is 0 Å². The van der Waals surface area contributed by atoms with Gasteiger partial charge in [-0.05, 0) is 11.1 Å². The van der Waals surface area contributed by atoms with Gasteiger partial charge in [-0.3, -0.25) is 0 Å². The number of allylic oxidation sites excluding steroid dienone is 2. The molecule has 0 aliphatic heterocycles. The van der Waals surface area contributed by atoms with Crippen LogP contribution in [0.4, 0.5) is 0 Å². The topological polar surface area (TPSA) is 92.2 Å². The Bertz CT molecular complexity index is 385. The Labute approximate surface area is 135 Å². The molecule has 1 rings (SSSR count). The molecule has 0 radical (unpaired) electrons. The van der Waals surface area contributed by atoms with E-state index in [0.717, 1.165) is 7.11 Å². The molecule has 0 aromatic heterocycles. The lowest BCUT2D eigenvalue weighted by atomic mass is 9.98. The highest BCUT2D eigenvalue weighted by atomic mass is 16.3. The third kappa shape index (κ3) is 10.1. The molecular formula is C18H32O4. The van der Waals surface area contributed by atoms with Gasteiger partial charge in [0.05, 0.1) is 0 Å². The number of hydrogen-bond acceptors (Lipinski definition) is 3. The second-order valence-corrected chi connectivity index (χ2v) is 3.41. The molecule has 0 bridgehead atoms. The summed E-state index contributed by atoms with van der Waals surface area (Å²) < 4.78 is 0. The Balaban J connectivity index is -0.000000249. The van der Waals surface area contributed by atoms with Crippen LogP contribution in [0.3, 0.4) is 0 Å². The molecule has 0 saturated carbocycles. The van der Waals surface area contributed by atoms with Crippen molar-refractivity contribution < 1.29 is 20.8 Å². The summed E-state index contributed by atoms with van der Waals surface area (Å²) >= 11 is 0. The quantitative estimate of drug-likeness (QED) is 0.730.